The maximum absolute atomic E-state index is 9.19. The monoisotopic (exact) mass is 156 g/mol. The normalized spacial score (nSPS) is 12.5. The van der Waals surface area contributed by atoms with Gasteiger partial charge in [0.2, 0.25) is 0 Å². The van der Waals surface area contributed by atoms with Crippen molar-refractivity contribution in [3.63, 3.8) is 0 Å². The van der Waals surface area contributed by atoms with Crippen LogP contribution in [0.1, 0.15) is 26.7 Å². The van der Waals surface area contributed by atoms with Crippen LogP contribution in [-0.4, -0.2) is 22.9 Å². The Hall–Kier alpha value is -0.520. The van der Waals surface area contributed by atoms with E-state index in [0.29, 0.717) is 18.8 Å². The van der Waals surface area contributed by atoms with Gasteiger partial charge in [-0.2, -0.15) is 0 Å². The molecular weight excluding hydrogens is 140 g/mol. The molecule has 64 valence electrons. The molecule has 0 spiro atoms. The number of hydrogen-bond acceptors (Lipinski definition) is 2. The van der Waals surface area contributed by atoms with Crippen molar-refractivity contribution in [3.05, 3.63) is 0 Å². The third kappa shape index (κ3) is 7.38. The molecule has 1 atom stereocenters. The molecule has 0 aromatic rings. The Morgan fingerprint density at radius 3 is 2.45 bits per heavy atom. The van der Waals surface area contributed by atoms with Crippen LogP contribution < -0.4 is 0 Å². The van der Waals surface area contributed by atoms with Crippen molar-refractivity contribution >= 4 is 0 Å². The van der Waals surface area contributed by atoms with Crippen LogP contribution in [0.4, 0.5) is 0 Å². The summed E-state index contributed by atoms with van der Waals surface area (Å²) in [6, 6.07) is 0. The van der Waals surface area contributed by atoms with Crippen LogP contribution in [0.2, 0.25) is 0 Å². The second kappa shape index (κ2) is 6.21. The number of rotatable bonds is 3. The molecule has 2 N–H and O–H groups in total. The second-order valence-corrected chi connectivity index (χ2v) is 2.94. The first-order chi connectivity index (χ1) is 5.16. The lowest BCUT2D eigenvalue weighted by Gasteiger charge is -2.04. The van der Waals surface area contributed by atoms with Gasteiger partial charge in [-0.1, -0.05) is 25.7 Å². The summed E-state index contributed by atoms with van der Waals surface area (Å²) >= 11 is 0. The molecule has 0 heterocycles. The van der Waals surface area contributed by atoms with E-state index in [-0.39, 0.29) is 6.61 Å². The first-order valence-electron chi connectivity index (χ1n) is 3.94. The van der Waals surface area contributed by atoms with Gasteiger partial charge >= 0.3 is 0 Å². The highest BCUT2D eigenvalue weighted by molar-refractivity contribution is 5.04. The molecule has 0 rings (SSSR count). The molecule has 0 amide bonds. The summed E-state index contributed by atoms with van der Waals surface area (Å²) < 4.78 is 0. The molecule has 2 nitrogen and oxygen atoms in total. The van der Waals surface area contributed by atoms with E-state index in [1.165, 1.54) is 0 Å². The van der Waals surface area contributed by atoms with Crippen molar-refractivity contribution in [1.82, 2.24) is 0 Å². The van der Waals surface area contributed by atoms with Crippen molar-refractivity contribution < 1.29 is 10.2 Å². The fraction of sp³-hybridized carbons (Fsp3) is 0.778. The van der Waals surface area contributed by atoms with E-state index in [9.17, 15) is 5.11 Å². The average molecular weight is 156 g/mol. The Morgan fingerprint density at radius 1 is 1.36 bits per heavy atom. The largest absolute Gasteiger partial charge is 0.395 e. The highest BCUT2D eigenvalue weighted by Crippen LogP contribution is 2.02. The molecule has 0 aliphatic rings. The Bertz CT molecular complexity index is 141. The molecule has 2 heteroatoms. The summed E-state index contributed by atoms with van der Waals surface area (Å²) in [6.07, 6.45) is 0.634. The zero-order valence-corrected chi connectivity index (χ0v) is 7.17. The third-order valence-electron chi connectivity index (χ3n) is 1.20. The van der Waals surface area contributed by atoms with Gasteiger partial charge < -0.3 is 10.2 Å². The molecule has 0 aliphatic heterocycles. The van der Waals surface area contributed by atoms with Crippen LogP contribution in [0.25, 0.3) is 0 Å². The van der Waals surface area contributed by atoms with Crippen LogP contribution in [0.3, 0.4) is 0 Å². The van der Waals surface area contributed by atoms with Crippen LogP contribution in [0.15, 0.2) is 0 Å². The third-order valence-corrected chi connectivity index (χ3v) is 1.20. The zero-order chi connectivity index (χ0) is 8.69. The minimum absolute atomic E-state index is 0.0708. The van der Waals surface area contributed by atoms with Gasteiger partial charge in [0.1, 0.15) is 6.10 Å². The van der Waals surface area contributed by atoms with Crippen LogP contribution in [0, 0.1) is 17.8 Å². The van der Waals surface area contributed by atoms with Gasteiger partial charge in [0.05, 0.1) is 6.61 Å². The van der Waals surface area contributed by atoms with Gasteiger partial charge in [-0.05, 0) is 12.3 Å². The molecule has 1 unspecified atom stereocenters. The molecule has 0 aromatic carbocycles. The van der Waals surface area contributed by atoms with Gasteiger partial charge in [-0.3, -0.25) is 0 Å². The predicted octanol–water partition coefficient (Wildman–Crippen LogP) is 0.779. The molecule has 0 saturated heterocycles. The highest BCUT2D eigenvalue weighted by atomic mass is 16.3. The summed E-state index contributed by atoms with van der Waals surface area (Å²) in [5.74, 6) is 5.82. The average Bonchev–Trinajstić information content (AvgIpc) is 1.86. The Kier molecular flexibility index (Phi) is 5.91. The summed E-state index contributed by atoms with van der Waals surface area (Å²) in [5.41, 5.74) is 0. The predicted molar refractivity (Wildman–Crippen MR) is 44.9 cm³/mol. The Morgan fingerprint density at radius 2 is 2.00 bits per heavy atom. The van der Waals surface area contributed by atoms with E-state index in [0.717, 1.165) is 0 Å². The minimum Gasteiger partial charge on any atom is -0.395 e. The fourth-order valence-corrected chi connectivity index (χ4v) is 0.751. The van der Waals surface area contributed by atoms with Crippen molar-refractivity contribution in [1.29, 1.82) is 0 Å². The number of hydrogen-bond donors (Lipinski definition) is 2. The first-order valence-corrected chi connectivity index (χ1v) is 3.94. The van der Waals surface area contributed by atoms with Crippen LogP contribution >= 0.6 is 0 Å². The second-order valence-electron chi connectivity index (χ2n) is 2.94. The van der Waals surface area contributed by atoms with E-state index in [2.05, 4.69) is 11.8 Å². The van der Waals surface area contributed by atoms with E-state index in [4.69, 9.17) is 5.11 Å². The minimum atomic E-state index is -0.526. The zero-order valence-electron chi connectivity index (χ0n) is 7.17. The van der Waals surface area contributed by atoms with Crippen molar-refractivity contribution in [2.75, 3.05) is 6.61 Å². The fourth-order valence-electron chi connectivity index (χ4n) is 0.751. The van der Waals surface area contributed by atoms with E-state index in [1.807, 2.05) is 13.8 Å². The SMILES string of the molecule is CC(C)CC(O)C#CCCO. The Balaban J connectivity index is 3.52. The maximum Gasteiger partial charge on any atom is 0.115 e. The standard InChI is InChI=1S/C9H16O2/c1-8(2)7-9(11)5-3-4-6-10/h8-11H,4,6-7H2,1-2H3. The van der Waals surface area contributed by atoms with Gasteiger partial charge in [-0.15, -0.1) is 0 Å². The van der Waals surface area contributed by atoms with Gasteiger partial charge in [0.25, 0.3) is 0 Å². The van der Waals surface area contributed by atoms with Crippen molar-refractivity contribution in [2.45, 2.75) is 32.8 Å². The van der Waals surface area contributed by atoms with Gasteiger partial charge in [0, 0.05) is 6.42 Å². The van der Waals surface area contributed by atoms with Crippen molar-refractivity contribution in [3.8, 4) is 11.8 Å². The smallest absolute Gasteiger partial charge is 0.115 e. The lowest BCUT2D eigenvalue weighted by Crippen LogP contribution is -2.06. The summed E-state index contributed by atoms with van der Waals surface area (Å²) in [6.45, 7) is 4.15. The first kappa shape index (κ1) is 10.5. The number of aliphatic hydroxyl groups excluding tert-OH is 2. The summed E-state index contributed by atoms with van der Waals surface area (Å²) in [7, 11) is 0. The lowest BCUT2D eigenvalue weighted by atomic mass is 10.1. The molecule has 11 heavy (non-hydrogen) atoms. The van der Waals surface area contributed by atoms with Crippen LogP contribution in [-0.2, 0) is 0 Å². The molecule has 0 fully saturated rings. The quantitative estimate of drug-likeness (QED) is 0.593. The van der Waals surface area contributed by atoms with E-state index < -0.39 is 6.10 Å². The molecule has 0 radical (unpaired) electrons. The van der Waals surface area contributed by atoms with Gasteiger partial charge in [0.15, 0.2) is 0 Å². The summed E-state index contributed by atoms with van der Waals surface area (Å²) in [5, 5.41) is 17.6. The molecular formula is C9H16O2. The van der Waals surface area contributed by atoms with Gasteiger partial charge in [-0.25, -0.2) is 0 Å². The molecule has 0 aliphatic carbocycles. The van der Waals surface area contributed by atoms with E-state index in [1.54, 1.807) is 0 Å². The van der Waals surface area contributed by atoms with Crippen LogP contribution in [0.5, 0.6) is 0 Å². The Labute approximate surface area is 68.2 Å². The molecule has 0 bridgehead atoms. The van der Waals surface area contributed by atoms with E-state index >= 15 is 0 Å². The topological polar surface area (TPSA) is 40.5 Å². The molecule has 0 saturated carbocycles. The van der Waals surface area contributed by atoms with Crippen molar-refractivity contribution in [2.24, 2.45) is 5.92 Å². The maximum atomic E-state index is 9.19. The molecule has 0 aromatic heterocycles. The summed E-state index contributed by atoms with van der Waals surface area (Å²) in [4.78, 5) is 0. The number of aliphatic hydroxyl groups is 2. The highest BCUT2D eigenvalue weighted by Gasteiger charge is 2.01. The lowest BCUT2D eigenvalue weighted by molar-refractivity contribution is 0.203.